The zero-order valence-corrected chi connectivity index (χ0v) is 17.1. The van der Waals surface area contributed by atoms with E-state index in [0.29, 0.717) is 18.2 Å². The molecule has 2 aromatic carbocycles. The predicted molar refractivity (Wildman–Crippen MR) is 118 cm³/mol. The molecule has 0 saturated carbocycles. The molecule has 2 heterocycles. The van der Waals surface area contributed by atoms with Gasteiger partial charge in [-0.25, -0.2) is 0 Å². The summed E-state index contributed by atoms with van der Waals surface area (Å²) in [4.78, 5) is 11.9. The topological polar surface area (TPSA) is 30.7 Å². The standard InChI is InChI=1S/C26H25NO2/c1-18(2)22-14-21(11-12-26(22)29-17-20-9-5-4-6-10-20)23-15-24-19(3)8-7-13-27(24)25(23)16-28/h4-16,18H,17H2,1-3H3. The Morgan fingerprint density at radius 2 is 1.79 bits per heavy atom. The number of aromatic nitrogens is 1. The molecule has 0 aliphatic rings. The summed E-state index contributed by atoms with van der Waals surface area (Å²) in [5.74, 6) is 1.19. The van der Waals surface area contributed by atoms with Crippen molar-refractivity contribution in [2.45, 2.75) is 33.3 Å². The average Bonchev–Trinajstić information content (AvgIpc) is 3.13. The molecule has 0 unspecified atom stereocenters. The third kappa shape index (κ3) is 3.68. The van der Waals surface area contributed by atoms with Gasteiger partial charge in [0.25, 0.3) is 0 Å². The second kappa shape index (κ2) is 7.96. The molecule has 146 valence electrons. The Balaban J connectivity index is 1.74. The molecule has 0 fully saturated rings. The SMILES string of the molecule is Cc1cccn2c(C=O)c(-c3ccc(OCc4ccccc4)c(C(C)C)c3)cc12. The first-order valence-electron chi connectivity index (χ1n) is 9.95. The van der Waals surface area contributed by atoms with Crippen molar-refractivity contribution in [3.8, 4) is 16.9 Å². The van der Waals surface area contributed by atoms with E-state index >= 15 is 0 Å². The summed E-state index contributed by atoms with van der Waals surface area (Å²) in [5, 5.41) is 0. The average molecular weight is 383 g/mol. The lowest BCUT2D eigenvalue weighted by Crippen LogP contribution is -2.00. The predicted octanol–water partition coefficient (Wildman–Crippen LogP) is 6.43. The fourth-order valence-corrected chi connectivity index (χ4v) is 3.75. The molecular formula is C26H25NO2. The Morgan fingerprint density at radius 1 is 1.00 bits per heavy atom. The molecule has 0 bridgehead atoms. The molecule has 3 heteroatoms. The van der Waals surface area contributed by atoms with Gasteiger partial charge in [0.15, 0.2) is 6.29 Å². The smallest absolute Gasteiger partial charge is 0.167 e. The van der Waals surface area contributed by atoms with E-state index in [1.54, 1.807) is 0 Å². The highest BCUT2D eigenvalue weighted by atomic mass is 16.5. The monoisotopic (exact) mass is 383 g/mol. The number of pyridine rings is 1. The van der Waals surface area contributed by atoms with E-state index in [9.17, 15) is 4.79 Å². The largest absolute Gasteiger partial charge is 0.489 e. The zero-order valence-electron chi connectivity index (χ0n) is 17.1. The maximum absolute atomic E-state index is 11.9. The molecule has 4 rings (SSSR count). The van der Waals surface area contributed by atoms with E-state index in [4.69, 9.17) is 4.74 Å². The van der Waals surface area contributed by atoms with Crippen LogP contribution in [0.25, 0.3) is 16.6 Å². The first-order valence-corrected chi connectivity index (χ1v) is 9.95. The van der Waals surface area contributed by atoms with Gasteiger partial charge < -0.3 is 9.14 Å². The third-order valence-electron chi connectivity index (χ3n) is 5.35. The summed E-state index contributed by atoms with van der Waals surface area (Å²) in [7, 11) is 0. The number of hydrogen-bond donors (Lipinski definition) is 0. The number of ether oxygens (including phenoxy) is 1. The maximum atomic E-state index is 11.9. The Morgan fingerprint density at radius 3 is 2.52 bits per heavy atom. The van der Waals surface area contributed by atoms with Gasteiger partial charge in [0.1, 0.15) is 12.4 Å². The zero-order chi connectivity index (χ0) is 20.4. The van der Waals surface area contributed by atoms with Crippen LogP contribution in [0.5, 0.6) is 5.75 Å². The van der Waals surface area contributed by atoms with Crippen LogP contribution >= 0.6 is 0 Å². The second-order valence-electron chi connectivity index (χ2n) is 7.69. The third-order valence-corrected chi connectivity index (χ3v) is 5.35. The lowest BCUT2D eigenvalue weighted by atomic mass is 9.96. The Hall–Kier alpha value is -3.33. The molecule has 0 atom stereocenters. The highest BCUT2D eigenvalue weighted by molar-refractivity contribution is 5.90. The fraction of sp³-hybridized carbons (Fsp3) is 0.192. The summed E-state index contributed by atoms with van der Waals surface area (Å²) >= 11 is 0. The van der Waals surface area contributed by atoms with E-state index in [-0.39, 0.29) is 0 Å². The number of carbonyl (C=O) groups excluding carboxylic acids is 1. The summed E-state index contributed by atoms with van der Waals surface area (Å²) in [6.45, 7) is 6.92. The van der Waals surface area contributed by atoms with Gasteiger partial charge in [0.2, 0.25) is 0 Å². The molecule has 0 radical (unpaired) electrons. The molecule has 4 aromatic rings. The van der Waals surface area contributed by atoms with Crippen LogP contribution in [0, 0.1) is 6.92 Å². The number of nitrogens with zero attached hydrogens (tertiary/aromatic N) is 1. The number of benzene rings is 2. The van der Waals surface area contributed by atoms with Crippen molar-refractivity contribution in [1.82, 2.24) is 4.40 Å². The van der Waals surface area contributed by atoms with Crippen molar-refractivity contribution in [3.05, 3.63) is 95.3 Å². The Kier molecular flexibility index (Phi) is 5.22. The van der Waals surface area contributed by atoms with Gasteiger partial charge in [0, 0.05) is 17.3 Å². The lowest BCUT2D eigenvalue weighted by molar-refractivity contribution is 0.111. The van der Waals surface area contributed by atoms with Crippen LogP contribution < -0.4 is 4.74 Å². The van der Waals surface area contributed by atoms with E-state index < -0.39 is 0 Å². The van der Waals surface area contributed by atoms with Gasteiger partial charge in [0.05, 0.1) is 5.69 Å². The van der Waals surface area contributed by atoms with Crippen molar-refractivity contribution in [2.24, 2.45) is 0 Å². The van der Waals surface area contributed by atoms with Crippen LogP contribution in [0.4, 0.5) is 0 Å². The summed E-state index contributed by atoms with van der Waals surface area (Å²) in [6.07, 6.45) is 2.88. The van der Waals surface area contributed by atoms with Gasteiger partial charge in [-0.15, -0.1) is 0 Å². The van der Waals surface area contributed by atoms with Crippen LogP contribution in [0.1, 0.15) is 46.9 Å². The quantitative estimate of drug-likeness (QED) is 0.359. The van der Waals surface area contributed by atoms with Crippen molar-refractivity contribution < 1.29 is 9.53 Å². The summed E-state index contributed by atoms with van der Waals surface area (Å²) in [6, 6.07) is 22.5. The minimum absolute atomic E-state index is 0.305. The van der Waals surface area contributed by atoms with Crippen molar-refractivity contribution in [2.75, 3.05) is 0 Å². The summed E-state index contributed by atoms with van der Waals surface area (Å²) < 4.78 is 8.10. The van der Waals surface area contributed by atoms with Gasteiger partial charge in [-0.1, -0.05) is 56.3 Å². The first-order chi connectivity index (χ1) is 14.1. The lowest BCUT2D eigenvalue weighted by Gasteiger charge is -2.16. The molecule has 3 nitrogen and oxygen atoms in total. The van der Waals surface area contributed by atoms with E-state index in [2.05, 4.69) is 51.1 Å². The van der Waals surface area contributed by atoms with Crippen molar-refractivity contribution in [3.63, 3.8) is 0 Å². The van der Waals surface area contributed by atoms with Gasteiger partial charge in [-0.3, -0.25) is 4.79 Å². The number of aryl methyl sites for hydroxylation is 1. The minimum Gasteiger partial charge on any atom is -0.489 e. The second-order valence-corrected chi connectivity index (χ2v) is 7.69. The maximum Gasteiger partial charge on any atom is 0.167 e. The molecule has 0 aliphatic heterocycles. The highest BCUT2D eigenvalue weighted by Gasteiger charge is 2.16. The first kappa shape index (κ1) is 19.0. The molecule has 2 aromatic heterocycles. The summed E-state index contributed by atoms with van der Waals surface area (Å²) in [5.41, 5.74) is 7.15. The Labute approximate surface area is 171 Å². The van der Waals surface area contributed by atoms with Crippen LogP contribution in [-0.4, -0.2) is 10.7 Å². The molecular weight excluding hydrogens is 358 g/mol. The molecule has 0 amide bonds. The number of fused-ring (bicyclic) bond motifs is 1. The molecule has 0 spiro atoms. The normalized spacial score (nSPS) is 11.2. The van der Waals surface area contributed by atoms with Crippen molar-refractivity contribution in [1.29, 1.82) is 0 Å². The number of carbonyl (C=O) groups is 1. The van der Waals surface area contributed by atoms with Crippen LogP contribution in [0.15, 0.2) is 72.9 Å². The van der Waals surface area contributed by atoms with Gasteiger partial charge in [-0.05, 0) is 59.4 Å². The molecule has 0 saturated heterocycles. The van der Waals surface area contributed by atoms with E-state index in [1.807, 2.05) is 47.0 Å². The van der Waals surface area contributed by atoms with Crippen LogP contribution in [0.3, 0.4) is 0 Å². The highest BCUT2D eigenvalue weighted by Crippen LogP contribution is 2.35. The fourth-order valence-electron chi connectivity index (χ4n) is 3.75. The van der Waals surface area contributed by atoms with Crippen molar-refractivity contribution >= 4 is 11.8 Å². The van der Waals surface area contributed by atoms with Gasteiger partial charge >= 0.3 is 0 Å². The van der Waals surface area contributed by atoms with Gasteiger partial charge in [-0.2, -0.15) is 0 Å². The van der Waals surface area contributed by atoms with Crippen LogP contribution in [-0.2, 0) is 6.61 Å². The minimum atomic E-state index is 0.305. The molecule has 29 heavy (non-hydrogen) atoms. The number of hydrogen-bond acceptors (Lipinski definition) is 2. The molecule has 0 aliphatic carbocycles. The van der Waals surface area contributed by atoms with E-state index in [1.165, 1.54) is 0 Å². The number of aldehydes is 1. The van der Waals surface area contributed by atoms with E-state index in [0.717, 1.165) is 45.4 Å². The Bertz CT molecular complexity index is 1160. The number of rotatable bonds is 6. The molecule has 0 N–H and O–H groups in total. The van der Waals surface area contributed by atoms with Crippen LogP contribution in [0.2, 0.25) is 0 Å².